The van der Waals surface area contributed by atoms with E-state index in [0.29, 0.717) is 6.54 Å². The molecule has 0 aromatic heterocycles. The maximum atomic E-state index is 11.7. The maximum Gasteiger partial charge on any atom is 0.234 e. The average Bonchev–Trinajstić information content (AvgIpc) is 2.32. The van der Waals surface area contributed by atoms with Gasteiger partial charge < -0.3 is 10.2 Å². The van der Waals surface area contributed by atoms with Gasteiger partial charge in [-0.25, -0.2) is 0 Å². The molecule has 0 unspecified atom stereocenters. The van der Waals surface area contributed by atoms with E-state index in [1.54, 1.807) is 0 Å². The molecule has 0 atom stereocenters. The van der Waals surface area contributed by atoms with Crippen LogP contribution in [0.15, 0.2) is 0 Å². The second-order valence-corrected chi connectivity index (χ2v) is 4.99. The predicted molar refractivity (Wildman–Crippen MR) is 71.1 cm³/mol. The van der Waals surface area contributed by atoms with Gasteiger partial charge >= 0.3 is 0 Å². The lowest BCUT2D eigenvalue weighted by molar-refractivity contribution is -0.122. The van der Waals surface area contributed by atoms with E-state index < -0.39 is 0 Å². The van der Waals surface area contributed by atoms with Crippen molar-refractivity contribution in [3.05, 3.63) is 0 Å². The molecule has 1 saturated heterocycles. The first-order valence-electron chi connectivity index (χ1n) is 6.90. The number of nitrogens with one attached hydrogen (secondary N) is 1. The van der Waals surface area contributed by atoms with Crippen molar-refractivity contribution in [2.24, 2.45) is 0 Å². The smallest absolute Gasteiger partial charge is 0.234 e. The lowest BCUT2D eigenvalue weighted by Crippen LogP contribution is -2.48. The third-order valence-electron chi connectivity index (χ3n) is 3.32. The molecule has 1 fully saturated rings. The summed E-state index contributed by atoms with van der Waals surface area (Å²) >= 11 is 0. The Labute approximate surface area is 105 Å². The van der Waals surface area contributed by atoms with Crippen LogP contribution in [0.25, 0.3) is 0 Å². The van der Waals surface area contributed by atoms with Crippen molar-refractivity contribution in [1.29, 1.82) is 0 Å². The number of hydrogen-bond acceptors (Lipinski definition) is 3. The van der Waals surface area contributed by atoms with Gasteiger partial charge in [0.05, 0.1) is 6.54 Å². The first-order chi connectivity index (χ1) is 8.22. The number of carbonyl (C=O) groups excluding carboxylic acids is 1. The number of unbranched alkanes of at least 4 members (excludes halogenated alkanes) is 3. The maximum absolute atomic E-state index is 11.7. The highest BCUT2D eigenvalue weighted by molar-refractivity contribution is 5.77. The van der Waals surface area contributed by atoms with Crippen LogP contribution in [0.5, 0.6) is 0 Å². The number of hydrogen-bond donors (Lipinski definition) is 1. The molecule has 0 bridgehead atoms. The van der Waals surface area contributed by atoms with Gasteiger partial charge in [0, 0.05) is 32.7 Å². The van der Waals surface area contributed by atoms with Crippen LogP contribution in [-0.2, 0) is 4.79 Å². The van der Waals surface area contributed by atoms with Gasteiger partial charge in [-0.3, -0.25) is 9.69 Å². The molecule has 17 heavy (non-hydrogen) atoms. The first kappa shape index (κ1) is 14.5. The lowest BCUT2D eigenvalue weighted by atomic mass is 10.2. The molecule has 1 aliphatic heterocycles. The largest absolute Gasteiger partial charge is 0.355 e. The van der Waals surface area contributed by atoms with Gasteiger partial charge in [-0.15, -0.1) is 0 Å². The molecule has 1 N–H and O–H groups in total. The van der Waals surface area contributed by atoms with Crippen molar-refractivity contribution >= 4 is 5.91 Å². The summed E-state index contributed by atoms with van der Waals surface area (Å²) in [7, 11) is 2.13. The second kappa shape index (κ2) is 8.48. The molecule has 1 aliphatic rings. The van der Waals surface area contributed by atoms with Crippen molar-refractivity contribution in [3.8, 4) is 0 Å². The molecule has 0 aromatic rings. The number of piperazine rings is 1. The molecule has 1 heterocycles. The van der Waals surface area contributed by atoms with Crippen molar-refractivity contribution < 1.29 is 4.79 Å². The zero-order chi connectivity index (χ0) is 12.5. The van der Waals surface area contributed by atoms with Crippen LogP contribution in [0.2, 0.25) is 0 Å². The van der Waals surface area contributed by atoms with E-state index in [1.807, 2.05) is 0 Å². The van der Waals surface area contributed by atoms with E-state index in [-0.39, 0.29) is 5.91 Å². The van der Waals surface area contributed by atoms with Crippen LogP contribution in [0, 0.1) is 0 Å². The Bertz CT molecular complexity index is 213. The topological polar surface area (TPSA) is 35.6 Å². The van der Waals surface area contributed by atoms with Crippen LogP contribution in [-0.4, -0.2) is 62.0 Å². The summed E-state index contributed by atoms with van der Waals surface area (Å²) in [6, 6.07) is 0. The Hall–Kier alpha value is -0.610. The minimum absolute atomic E-state index is 0.186. The van der Waals surface area contributed by atoms with Crippen LogP contribution in [0.1, 0.15) is 32.6 Å². The summed E-state index contributed by atoms with van der Waals surface area (Å²) in [5.41, 5.74) is 0. The van der Waals surface area contributed by atoms with Gasteiger partial charge in [0.2, 0.25) is 5.91 Å². The summed E-state index contributed by atoms with van der Waals surface area (Å²) in [5, 5.41) is 3.01. The van der Waals surface area contributed by atoms with Gasteiger partial charge in [-0.2, -0.15) is 0 Å². The van der Waals surface area contributed by atoms with Crippen molar-refractivity contribution in [2.45, 2.75) is 32.6 Å². The Balaban J connectivity index is 2.00. The molecule has 100 valence electrons. The standard InChI is InChI=1S/C13H27N3O/c1-3-4-5-6-7-14-13(17)12-16-10-8-15(2)9-11-16/h3-12H2,1-2H3,(H,14,17). The summed E-state index contributed by atoms with van der Waals surface area (Å²) in [4.78, 5) is 16.2. The highest BCUT2D eigenvalue weighted by atomic mass is 16.2. The number of likely N-dealkylation sites (N-methyl/N-ethyl adjacent to an activating group) is 1. The van der Waals surface area contributed by atoms with Crippen LogP contribution in [0.3, 0.4) is 0 Å². The molecule has 1 rings (SSSR count). The Morgan fingerprint density at radius 3 is 2.47 bits per heavy atom. The Morgan fingerprint density at radius 2 is 1.82 bits per heavy atom. The van der Waals surface area contributed by atoms with Crippen LogP contribution in [0.4, 0.5) is 0 Å². The van der Waals surface area contributed by atoms with Crippen LogP contribution < -0.4 is 5.32 Å². The van der Waals surface area contributed by atoms with E-state index in [0.717, 1.165) is 39.1 Å². The van der Waals surface area contributed by atoms with Gasteiger partial charge in [-0.1, -0.05) is 26.2 Å². The Morgan fingerprint density at radius 1 is 1.12 bits per heavy atom. The number of carbonyl (C=O) groups is 1. The third kappa shape index (κ3) is 6.64. The second-order valence-electron chi connectivity index (χ2n) is 4.99. The van der Waals surface area contributed by atoms with E-state index in [9.17, 15) is 4.79 Å². The Kier molecular flexibility index (Phi) is 7.21. The van der Waals surface area contributed by atoms with Gasteiger partial charge in [0.25, 0.3) is 0 Å². The zero-order valence-electron chi connectivity index (χ0n) is 11.4. The molecule has 0 aliphatic carbocycles. The predicted octanol–water partition coefficient (Wildman–Crippen LogP) is 0.930. The fourth-order valence-corrected chi connectivity index (χ4v) is 2.04. The normalized spacial score (nSPS) is 18.2. The van der Waals surface area contributed by atoms with E-state index >= 15 is 0 Å². The molecule has 1 amide bonds. The van der Waals surface area contributed by atoms with Crippen molar-refractivity contribution in [1.82, 2.24) is 15.1 Å². The highest BCUT2D eigenvalue weighted by Crippen LogP contribution is 1.99. The minimum Gasteiger partial charge on any atom is -0.355 e. The molecule has 4 heteroatoms. The van der Waals surface area contributed by atoms with E-state index in [1.165, 1.54) is 19.3 Å². The summed E-state index contributed by atoms with van der Waals surface area (Å²) in [6.45, 7) is 7.78. The molecule has 0 aromatic carbocycles. The number of amides is 1. The van der Waals surface area contributed by atoms with Crippen molar-refractivity contribution in [3.63, 3.8) is 0 Å². The van der Waals surface area contributed by atoms with E-state index in [4.69, 9.17) is 0 Å². The monoisotopic (exact) mass is 241 g/mol. The molecular weight excluding hydrogens is 214 g/mol. The third-order valence-corrected chi connectivity index (χ3v) is 3.32. The van der Waals surface area contributed by atoms with E-state index in [2.05, 4.69) is 29.1 Å². The quantitative estimate of drug-likeness (QED) is 0.674. The van der Waals surface area contributed by atoms with Gasteiger partial charge in [-0.05, 0) is 13.5 Å². The number of nitrogens with zero attached hydrogens (tertiary/aromatic N) is 2. The molecular formula is C13H27N3O. The average molecular weight is 241 g/mol. The highest BCUT2D eigenvalue weighted by Gasteiger charge is 2.15. The fraction of sp³-hybridized carbons (Fsp3) is 0.923. The summed E-state index contributed by atoms with van der Waals surface area (Å²) < 4.78 is 0. The van der Waals surface area contributed by atoms with Gasteiger partial charge in [0.15, 0.2) is 0 Å². The first-order valence-corrected chi connectivity index (χ1v) is 6.90. The summed E-state index contributed by atoms with van der Waals surface area (Å²) in [6.07, 6.45) is 4.86. The number of rotatable bonds is 7. The lowest BCUT2D eigenvalue weighted by Gasteiger charge is -2.31. The molecule has 0 radical (unpaired) electrons. The SMILES string of the molecule is CCCCCCNC(=O)CN1CCN(C)CC1. The molecule has 4 nitrogen and oxygen atoms in total. The fourth-order valence-electron chi connectivity index (χ4n) is 2.04. The zero-order valence-corrected chi connectivity index (χ0v) is 11.4. The molecule has 0 saturated carbocycles. The summed E-state index contributed by atoms with van der Waals surface area (Å²) in [5.74, 6) is 0.186. The van der Waals surface area contributed by atoms with Crippen molar-refractivity contribution in [2.75, 3.05) is 46.3 Å². The van der Waals surface area contributed by atoms with Crippen LogP contribution >= 0.6 is 0 Å². The molecule has 0 spiro atoms. The minimum atomic E-state index is 0.186. The van der Waals surface area contributed by atoms with Gasteiger partial charge in [0.1, 0.15) is 0 Å².